The second-order valence-electron chi connectivity index (χ2n) is 5.34. The van der Waals surface area contributed by atoms with Gasteiger partial charge in [0.05, 0.1) is 0 Å². The average Bonchev–Trinajstić information content (AvgIpc) is 2.39. The minimum atomic E-state index is 0.336. The van der Waals surface area contributed by atoms with Crippen molar-refractivity contribution < 1.29 is 4.79 Å². The summed E-state index contributed by atoms with van der Waals surface area (Å²) in [5.74, 6) is 1.41. The molecule has 0 aromatic heterocycles. The molecule has 92 valence electrons. The summed E-state index contributed by atoms with van der Waals surface area (Å²) in [4.78, 5) is 14.3. The van der Waals surface area contributed by atoms with E-state index in [1.54, 1.807) is 0 Å². The molecule has 0 aromatic carbocycles. The molecule has 2 fully saturated rings. The van der Waals surface area contributed by atoms with Crippen molar-refractivity contribution in [1.29, 1.82) is 0 Å². The third-order valence-corrected chi connectivity index (χ3v) is 4.21. The van der Waals surface area contributed by atoms with Crippen LogP contribution in [0.25, 0.3) is 0 Å². The number of nitrogens with two attached hydrogens (primary N) is 1. The van der Waals surface area contributed by atoms with Gasteiger partial charge in [0.2, 0.25) is 5.91 Å². The fourth-order valence-corrected chi connectivity index (χ4v) is 3.00. The average molecular weight is 224 g/mol. The van der Waals surface area contributed by atoms with Gasteiger partial charge in [-0.2, -0.15) is 0 Å². The summed E-state index contributed by atoms with van der Waals surface area (Å²) in [6.07, 6.45) is 8.26. The van der Waals surface area contributed by atoms with Crippen LogP contribution < -0.4 is 5.73 Å². The minimum absolute atomic E-state index is 0.336. The first-order valence-corrected chi connectivity index (χ1v) is 6.80. The van der Waals surface area contributed by atoms with E-state index in [4.69, 9.17) is 5.73 Å². The minimum Gasteiger partial charge on any atom is -0.342 e. The Kier molecular flexibility index (Phi) is 4.22. The Morgan fingerprint density at radius 1 is 1.06 bits per heavy atom. The Hall–Kier alpha value is -0.570. The topological polar surface area (TPSA) is 46.3 Å². The highest BCUT2D eigenvalue weighted by atomic mass is 16.2. The van der Waals surface area contributed by atoms with Crippen LogP contribution in [-0.4, -0.2) is 30.4 Å². The van der Waals surface area contributed by atoms with Gasteiger partial charge >= 0.3 is 0 Å². The standard InChI is InChI=1S/C13H24N2O/c14-10-11-6-8-15(9-7-11)13(16)12-4-2-1-3-5-12/h11-12H,1-10,14H2. The van der Waals surface area contributed by atoms with Gasteiger partial charge in [0.1, 0.15) is 0 Å². The van der Waals surface area contributed by atoms with Gasteiger partial charge in [-0.1, -0.05) is 19.3 Å². The largest absolute Gasteiger partial charge is 0.342 e. The first-order chi connectivity index (χ1) is 7.81. The predicted octanol–water partition coefficient (Wildman–Crippen LogP) is 1.76. The van der Waals surface area contributed by atoms with Crippen LogP contribution in [0, 0.1) is 11.8 Å². The molecule has 0 atom stereocenters. The maximum absolute atomic E-state index is 12.2. The van der Waals surface area contributed by atoms with Gasteiger partial charge in [-0.15, -0.1) is 0 Å². The first-order valence-electron chi connectivity index (χ1n) is 6.80. The number of piperidine rings is 1. The maximum atomic E-state index is 12.2. The van der Waals surface area contributed by atoms with Crippen LogP contribution in [-0.2, 0) is 4.79 Å². The van der Waals surface area contributed by atoms with E-state index in [0.717, 1.165) is 45.3 Å². The third kappa shape index (κ3) is 2.76. The molecule has 2 aliphatic rings. The molecule has 0 aromatic rings. The molecule has 1 aliphatic carbocycles. The second kappa shape index (κ2) is 5.67. The number of carbonyl (C=O) groups excluding carboxylic acids is 1. The van der Waals surface area contributed by atoms with Crippen LogP contribution in [0.15, 0.2) is 0 Å². The van der Waals surface area contributed by atoms with Crippen molar-refractivity contribution in [2.24, 2.45) is 17.6 Å². The Morgan fingerprint density at radius 3 is 2.25 bits per heavy atom. The summed E-state index contributed by atoms with van der Waals surface area (Å²) < 4.78 is 0. The van der Waals surface area contributed by atoms with Crippen molar-refractivity contribution in [3.63, 3.8) is 0 Å². The van der Waals surface area contributed by atoms with E-state index in [-0.39, 0.29) is 0 Å². The highest BCUT2D eigenvalue weighted by Crippen LogP contribution is 2.27. The molecule has 0 radical (unpaired) electrons. The van der Waals surface area contributed by atoms with Crippen molar-refractivity contribution in [2.75, 3.05) is 19.6 Å². The molecule has 1 aliphatic heterocycles. The highest BCUT2D eigenvalue weighted by Gasteiger charge is 2.28. The van der Waals surface area contributed by atoms with Crippen LogP contribution in [0.2, 0.25) is 0 Å². The summed E-state index contributed by atoms with van der Waals surface area (Å²) in [6, 6.07) is 0. The van der Waals surface area contributed by atoms with Gasteiger partial charge in [-0.3, -0.25) is 4.79 Å². The molecule has 1 amide bonds. The molecule has 3 nitrogen and oxygen atoms in total. The van der Waals surface area contributed by atoms with E-state index in [1.807, 2.05) is 0 Å². The van der Waals surface area contributed by atoms with E-state index in [2.05, 4.69) is 4.90 Å². The summed E-state index contributed by atoms with van der Waals surface area (Å²) in [6.45, 7) is 2.67. The van der Waals surface area contributed by atoms with Crippen molar-refractivity contribution in [2.45, 2.75) is 44.9 Å². The van der Waals surface area contributed by atoms with E-state index >= 15 is 0 Å². The summed E-state index contributed by atoms with van der Waals surface area (Å²) >= 11 is 0. The molecule has 2 N–H and O–H groups in total. The van der Waals surface area contributed by atoms with Crippen molar-refractivity contribution in [3.05, 3.63) is 0 Å². The van der Waals surface area contributed by atoms with E-state index < -0.39 is 0 Å². The highest BCUT2D eigenvalue weighted by molar-refractivity contribution is 5.79. The summed E-state index contributed by atoms with van der Waals surface area (Å²) in [7, 11) is 0. The quantitative estimate of drug-likeness (QED) is 0.777. The van der Waals surface area contributed by atoms with Gasteiger partial charge in [0.15, 0.2) is 0 Å². The van der Waals surface area contributed by atoms with Crippen LogP contribution in [0.1, 0.15) is 44.9 Å². The van der Waals surface area contributed by atoms with Crippen molar-refractivity contribution in [3.8, 4) is 0 Å². The predicted molar refractivity (Wildman–Crippen MR) is 64.9 cm³/mol. The lowest BCUT2D eigenvalue weighted by molar-refractivity contribution is -0.137. The number of amides is 1. The van der Waals surface area contributed by atoms with E-state index in [9.17, 15) is 4.79 Å². The fourth-order valence-electron chi connectivity index (χ4n) is 3.00. The van der Waals surface area contributed by atoms with Crippen molar-refractivity contribution in [1.82, 2.24) is 4.90 Å². The summed E-state index contributed by atoms with van der Waals surface area (Å²) in [5, 5.41) is 0. The molecule has 2 rings (SSSR count). The molecule has 1 saturated carbocycles. The number of rotatable bonds is 2. The molecule has 3 heteroatoms. The lowest BCUT2D eigenvalue weighted by Crippen LogP contribution is -2.43. The van der Waals surface area contributed by atoms with Crippen LogP contribution in [0.4, 0.5) is 0 Å². The van der Waals surface area contributed by atoms with E-state index in [1.165, 1.54) is 19.3 Å². The lowest BCUT2D eigenvalue weighted by atomic mass is 9.87. The normalized spacial score (nSPS) is 24.7. The SMILES string of the molecule is NCC1CCN(C(=O)C2CCCCC2)CC1. The Morgan fingerprint density at radius 2 is 1.69 bits per heavy atom. The monoisotopic (exact) mass is 224 g/mol. The van der Waals surface area contributed by atoms with Crippen LogP contribution in [0.3, 0.4) is 0 Å². The Balaban J connectivity index is 1.81. The Labute approximate surface area is 98.4 Å². The van der Waals surface area contributed by atoms with Gasteiger partial charge in [-0.25, -0.2) is 0 Å². The number of hydrogen-bond donors (Lipinski definition) is 1. The van der Waals surface area contributed by atoms with Crippen LogP contribution in [0.5, 0.6) is 0 Å². The maximum Gasteiger partial charge on any atom is 0.225 e. The Bertz CT molecular complexity index is 228. The third-order valence-electron chi connectivity index (χ3n) is 4.21. The van der Waals surface area contributed by atoms with E-state index in [0.29, 0.717) is 17.7 Å². The molecule has 1 saturated heterocycles. The number of hydrogen-bond acceptors (Lipinski definition) is 2. The molecular formula is C13H24N2O. The second-order valence-corrected chi connectivity index (χ2v) is 5.34. The number of carbonyl (C=O) groups is 1. The number of nitrogens with zero attached hydrogens (tertiary/aromatic N) is 1. The molecule has 0 unspecified atom stereocenters. The smallest absolute Gasteiger partial charge is 0.225 e. The first kappa shape index (κ1) is 11.9. The zero-order valence-corrected chi connectivity index (χ0v) is 10.2. The van der Waals surface area contributed by atoms with Gasteiger partial charge < -0.3 is 10.6 Å². The molecular weight excluding hydrogens is 200 g/mol. The zero-order valence-electron chi connectivity index (χ0n) is 10.2. The number of likely N-dealkylation sites (tertiary alicyclic amines) is 1. The summed E-state index contributed by atoms with van der Waals surface area (Å²) in [5.41, 5.74) is 5.66. The van der Waals surface area contributed by atoms with Crippen LogP contribution >= 0.6 is 0 Å². The fraction of sp³-hybridized carbons (Fsp3) is 0.923. The zero-order chi connectivity index (χ0) is 11.4. The lowest BCUT2D eigenvalue weighted by Gasteiger charge is -2.34. The van der Waals surface area contributed by atoms with Gasteiger partial charge in [0.25, 0.3) is 0 Å². The molecule has 0 spiro atoms. The molecule has 0 bridgehead atoms. The van der Waals surface area contributed by atoms with Gasteiger partial charge in [0, 0.05) is 19.0 Å². The molecule has 1 heterocycles. The van der Waals surface area contributed by atoms with Gasteiger partial charge in [-0.05, 0) is 38.1 Å². The molecule has 16 heavy (non-hydrogen) atoms. The van der Waals surface area contributed by atoms with Crippen molar-refractivity contribution >= 4 is 5.91 Å².